The van der Waals surface area contributed by atoms with Crippen LogP contribution in [0.3, 0.4) is 0 Å². The fourth-order valence-corrected chi connectivity index (χ4v) is 3.05. The standard InChI is InChI=1S/C15H12FNOS/c1-2-14(18)15-5-9(8-19-15)12-7-17-13-4-3-10(16)6-11(12)13/h3-8,17H,2H2,1H3. The second kappa shape index (κ2) is 4.63. The molecule has 0 saturated carbocycles. The van der Waals surface area contributed by atoms with E-state index in [1.807, 2.05) is 24.6 Å². The molecule has 3 rings (SSSR count). The first kappa shape index (κ1) is 12.1. The molecule has 1 N–H and O–H groups in total. The number of benzene rings is 1. The van der Waals surface area contributed by atoms with E-state index in [4.69, 9.17) is 0 Å². The van der Waals surface area contributed by atoms with Crippen LogP contribution < -0.4 is 0 Å². The number of aromatic amines is 1. The zero-order valence-electron chi connectivity index (χ0n) is 10.4. The minimum absolute atomic E-state index is 0.141. The van der Waals surface area contributed by atoms with Gasteiger partial charge in [0.05, 0.1) is 4.88 Å². The lowest BCUT2D eigenvalue weighted by Gasteiger charge is -1.95. The van der Waals surface area contributed by atoms with Crippen LogP contribution in [0.2, 0.25) is 0 Å². The molecule has 0 spiro atoms. The molecule has 0 unspecified atom stereocenters. The van der Waals surface area contributed by atoms with Gasteiger partial charge in [0.2, 0.25) is 0 Å². The van der Waals surface area contributed by atoms with Gasteiger partial charge in [0.25, 0.3) is 0 Å². The van der Waals surface area contributed by atoms with Gasteiger partial charge in [-0.15, -0.1) is 11.3 Å². The highest BCUT2D eigenvalue weighted by molar-refractivity contribution is 7.12. The Morgan fingerprint density at radius 3 is 3.00 bits per heavy atom. The second-order valence-electron chi connectivity index (χ2n) is 4.37. The molecule has 2 heterocycles. The van der Waals surface area contributed by atoms with Crippen molar-refractivity contribution in [2.75, 3.05) is 0 Å². The molecule has 2 nitrogen and oxygen atoms in total. The number of hydrogen-bond donors (Lipinski definition) is 1. The van der Waals surface area contributed by atoms with Crippen molar-refractivity contribution in [3.8, 4) is 11.1 Å². The molecular formula is C15H12FNOS. The summed E-state index contributed by atoms with van der Waals surface area (Å²) in [5.41, 5.74) is 2.78. The average molecular weight is 273 g/mol. The van der Waals surface area contributed by atoms with Crippen molar-refractivity contribution in [2.24, 2.45) is 0 Å². The number of aromatic nitrogens is 1. The Kier molecular flexibility index (Phi) is 2.95. The minimum Gasteiger partial charge on any atom is -0.361 e. The lowest BCUT2D eigenvalue weighted by molar-refractivity contribution is 0.0992. The average Bonchev–Trinajstić information content (AvgIpc) is 3.03. The van der Waals surface area contributed by atoms with Gasteiger partial charge in [-0.1, -0.05) is 6.92 Å². The predicted molar refractivity (Wildman–Crippen MR) is 76.2 cm³/mol. The topological polar surface area (TPSA) is 32.9 Å². The van der Waals surface area contributed by atoms with E-state index in [1.165, 1.54) is 23.5 Å². The summed E-state index contributed by atoms with van der Waals surface area (Å²) in [6.07, 6.45) is 2.36. The van der Waals surface area contributed by atoms with Gasteiger partial charge >= 0.3 is 0 Å². The third kappa shape index (κ3) is 2.08. The Labute approximate surface area is 113 Å². The molecule has 0 amide bonds. The number of carbonyl (C=O) groups excluding carboxylic acids is 1. The van der Waals surface area contributed by atoms with Crippen molar-refractivity contribution in [2.45, 2.75) is 13.3 Å². The largest absolute Gasteiger partial charge is 0.361 e. The smallest absolute Gasteiger partial charge is 0.172 e. The number of fused-ring (bicyclic) bond motifs is 1. The van der Waals surface area contributed by atoms with Crippen LogP contribution in [-0.4, -0.2) is 10.8 Å². The molecule has 0 fully saturated rings. The fourth-order valence-electron chi connectivity index (χ4n) is 2.13. The molecule has 0 saturated heterocycles. The third-order valence-electron chi connectivity index (χ3n) is 3.15. The summed E-state index contributed by atoms with van der Waals surface area (Å²) in [5, 5.41) is 2.78. The summed E-state index contributed by atoms with van der Waals surface area (Å²) in [4.78, 5) is 15.5. The van der Waals surface area contributed by atoms with Crippen LogP contribution in [0.4, 0.5) is 4.39 Å². The van der Waals surface area contributed by atoms with Crippen LogP contribution in [0.5, 0.6) is 0 Å². The second-order valence-corrected chi connectivity index (χ2v) is 5.28. The van der Waals surface area contributed by atoms with E-state index in [-0.39, 0.29) is 11.6 Å². The maximum Gasteiger partial charge on any atom is 0.172 e. The summed E-state index contributed by atoms with van der Waals surface area (Å²) in [5.74, 6) is -0.115. The molecule has 19 heavy (non-hydrogen) atoms. The molecule has 0 bridgehead atoms. The van der Waals surface area contributed by atoms with Crippen molar-refractivity contribution < 1.29 is 9.18 Å². The Balaban J connectivity index is 2.11. The molecular weight excluding hydrogens is 261 g/mol. The summed E-state index contributed by atoms with van der Waals surface area (Å²) >= 11 is 1.44. The van der Waals surface area contributed by atoms with Gasteiger partial charge in [0.15, 0.2) is 5.78 Å². The number of Topliss-reactive ketones (excluding diaryl/α,β-unsaturated/α-hetero) is 1. The maximum atomic E-state index is 13.3. The van der Waals surface area contributed by atoms with Crippen LogP contribution >= 0.6 is 11.3 Å². The monoisotopic (exact) mass is 273 g/mol. The fraction of sp³-hybridized carbons (Fsp3) is 0.133. The van der Waals surface area contributed by atoms with E-state index in [0.717, 1.165) is 26.9 Å². The Morgan fingerprint density at radius 1 is 1.37 bits per heavy atom. The lowest BCUT2D eigenvalue weighted by Crippen LogP contribution is -1.90. The molecule has 3 aromatic rings. The van der Waals surface area contributed by atoms with Crippen LogP contribution in [-0.2, 0) is 0 Å². The SMILES string of the molecule is CCC(=O)c1cc(-c2c[nH]c3ccc(F)cc23)cs1. The first-order valence-corrected chi connectivity index (χ1v) is 6.95. The Bertz CT molecular complexity index is 756. The summed E-state index contributed by atoms with van der Waals surface area (Å²) in [6, 6.07) is 6.55. The van der Waals surface area contributed by atoms with Crippen molar-refractivity contribution in [3.63, 3.8) is 0 Å². The first-order valence-electron chi connectivity index (χ1n) is 6.08. The third-order valence-corrected chi connectivity index (χ3v) is 4.12. The van der Waals surface area contributed by atoms with E-state index >= 15 is 0 Å². The molecule has 0 radical (unpaired) electrons. The highest BCUT2D eigenvalue weighted by atomic mass is 32.1. The van der Waals surface area contributed by atoms with Crippen LogP contribution in [0.15, 0.2) is 35.8 Å². The van der Waals surface area contributed by atoms with Crippen molar-refractivity contribution >= 4 is 28.0 Å². The highest BCUT2D eigenvalue weighted by Crippen LogP contribution is 2.32. The van der Waals surface area contributed by atoms with E-state index in [1.54, 1.807) is 6.07 Å². The van der Waals surface area contributed by atoms with Gasteiger partial charge in [0.1, 0.15) is 5.82 Å². The number of halogens is 1. The number of nitrogens with one attached hydrogen (secondary N) is 1. The summed E-state index contributed by atoms with van der Waals surface area (Å²) < 4.78 is 13.3. The molecule has 0 aliphatic carbocycles. The zero-order chi connectivity index (χ0) is 13.4. The maximum absolute atomic E-state index is 13.3. The molecule has 0 aliphatic heterocycles. The van der Waals surface area contributed by atoms with Gasteiger partial charge in [-0.2, -0.15) is 0 Å². The van der Waals surface area contributed by atoms with Crippen LogP contribution in [0, 0.1) is 5.82 Å². The van der Waals surface area contributed by atoms with Crippen molar-refractivity contribution in [1.29, 1.82) is 0 Å². The molecule has 1 aromatic carbocycles. The minimum atomic E-state index is -0.256. The van der Waals surface area contributed by atoms with E-state index in [2.05, 4.69) is 4.98 Å². The normalized spacial score (nSPS) is 11.1. The van der Waals surface area contributed by atoms with Crippen LogP contribution in [0.25, 0.3) is 22.0 Å². The number of thiophene rings is 1. The number of H-pyrrole nitrogens is 1. The Morgan fingerprint density at radius 2 is 2.21 bits per heavy atom. The molecule has 4 heteroatoms. The van der Waals surface area contributed by atoms with Gasteiger partial charge in [-0.05, 0) is 35.2 Å². The number of hydrogen-bond acceptors (Lipinski definition) is 2. The van der Waals surface area contributed by atoms with Crippen molar-refractivity contribution in [3.05, 3.63) is 46.5 Å². The number of rotatable bonds is 3. The van der Waals surface area contributed by atoms with Gasteiger partial charge in [-0.25, -0.2) is 4.39 Å². The summed E-state index contributed by atoms with van der Waals surface area (Å²) in [6.45, 7) is 1.85. The molecule has 96 valence electrons. The van der Waals surface area contributed by atoms with Crippen LogP contribution in [0.1, 0.15) is 23.0 Å². The van der Waals surface area contributed by atoms with Gasteiger partial charge in [-0.3, -0.25) is 4.79 Å². The molecule has 0 atom stereocenters. The predicted octanol–water partition coefficient (Wildman–Crippen LogP) is 4.63. The van der Waals surface area contributed by atoms with E-state index in [0.29, 0.717) is 6.42 Å². The van der Waals surface area contributed by atoms with Crippen molar-refractivity contribution in [1.82, 2.24) is 4.98 Å². The number of carbonyl (C=O) groups is 1. The first-order chi connectivity index (χ1) is 9.19. The van der Waals surface area contributed by atoms with E-state index in [9.17, 15) is 9.18 Å². The molecule has 0 aliphatic rings. The lowest BCUT2D eigenvalue weighted by atomic mass is 10.1. The number of ketones is 1. The van der Waals surface area contributed by atoms with Gasteiger partial charge < -0.3 is 4.98 Å². The Hall–Kier alpha value is -1.94. The molecule has 2 aromatic heterocycles. The highest BCUT2D eigenvalue weighted by Gasteiger charge is 2.11. The van der Waals surface area contributed by atoms with E-state index < -0.39 is 0 Å². The summed E-state index contributed by atoms with van der Waals surface area (Å²) in [7, 11) is 0. The van der Waals surface area contributed by atoms with Gasteiger partial charge in [0, 0.05) is 29.1 Å². The zero-order valence-corrected chi connectivity index (χ0v) is 11.2. The quantitative estimate of drug-likeness (QED) is 0.693.